The van der Waals surface area contributed by atoms with Crippen LogP contribution >= 0.6 is 0 Å². The second-order valence-corrected chi connectivity index (χ2v) is 4.70. The third-order valence-electron chi connectivity index (χ3n) is 1.72. The molecule has 0 amide bonds. The summed E-state index contributed by atoms with van der Waals surface area (Å²) in [7, 11) is 1.96. The first-order valence-electron chi connectivity index (χ1n) is 5.32. The summed E-state index contributed by atoms with van der Waals surface area (Å²) in [6, 6.07) is 0. The van der Waals surface area contributed by atoms with E-state index < -0.39 is 0 Å². The van der Waals surface area contributed by atoms with Crippen molar-refractivity contribution in [1.29, 1.82) is 0 Å². The highest BCUT2D eigenvalue weighted by Gasteiger charge is 2.09. The molecule has 0 rings (SSSR count). The molecule has 0 spiro atoms. The maximum Gasteiger partial charge on any atom is 0.0707 e. The molecule has 0 saturated heterocycles. The normalized spacial score (nSPS) is 14.4. The lowest BCUT2D eigenvalue weighted by molar-refractivity contribution is -0.0384. The first-order chi connectivity index (χ1) is 6.45. The van der Waals surface area contributed by atoms with Crippen LogP contribution in [-0.4, -0.2) is 39.0 Å². The van der Waals surface area contributed by atoms with Crippen LogP contribution in [0.1, 0.15) is 27.7 Å². The van der Waals surface area contributed by atoms with Gasteiger partial charge in [-0.15, -0.1) is 0 Å². The summed E-state index contributed by atoms with van der Waals surface area (Å²) < 4.78 is 11.0. The van der Waals surface area contributed by atoms with Crippen LogP contribution in [0.2, 0.25) is 0 Å². The van der Waals surface area contributed by atoms with Gasteiger partial charge in [0.1, 0.15) is 0 Å². The third kappa shape index (κ3) is 9.96. The molecule has 14 heavy (non-hydrogen) atoms. The second kappa shape index (κ2) is 7.21. The van der Waals surface area contributed by atoms with Crippen molar-refractivity contribution in [3.05, 3.63) is 0 Å². The van der Waals surface area contributed by atoms with E-state index in [9.17, 15) is 0 Å². The van der Waals surface area contributed by atoms with Gasteiger partial charge in [0, 0.05) is 0 Å². The molecular weight excluding hydrogens is 178 g/mol. The van der Waals surface area contributed by atoms with E-state index in [0.29, 0.717) is 19.1 Å². The van der Waals surface area contributed by atoms with Crippen molar-refractivity contribution in [2.24, 2.45) is 5.92 Å². The molecule has 3 nitrogen and oxygen atoms in total. The van der Waals surface area contributed by atoms with Crippen molar-refractivity contribution >= 4 is 0 Å². The van der Waals surface area contributed by atoms with Crippen LogP contribution in [0.5, 0.6) is 0 Å². The average molecular weight is 203 g/mol. The van der Waals surface area contributed by atoms with E-state index in [1.165, 1.54) is 0 Å². The van der Waals surface area contributed by atoms with Crippen molar-refractivity contribution < 1.29 is 9.47 Å². The van der Waals surface area contributed by atoms with E-state index in [0.717, 1.165) is 13.2 Å². The van der Waals surface area contributed by atoms with E-state index in [-0.39, 0.29) is 5.60 Å². The summed E-state index contributed by atoms with van der Waals surface area (Å²) in [5.74, 6) is 0.564. The number of nitrogens with one attached hydrogen (secondary N) is 1. The largest absolute Gasteiger partial charge is 0.379 e. The van der Waals surface area contributed by atoms with Crippen LogP contribution in [0, 0.1) is 5.92 Å². The molecule has 0 fully saturated rings. The Kier molecular flexibility index (Phi) is 7.15. The number of hydrogen-bond acceptors (Lipinski definition) is 3. The van der Waals surface area contributed by atoms with Gasteiger partial charge >= 0.3 is 0 Å². The monoisotopic (exact) mass is 203 g/mol. The Hall–Kier alpha value is -0.120. The second-order valence-electron chi connectivity index (χ2n) is 4.70. The van der Waals surface area contributed by atoms with Crippen molar-refractivity contribution in [2.75, 3.05) is 33.4 Å². The first-order valence-corrected chi connectivity index (χ1v) is 5.32. The zero-order valence-corrected chi connectivity index (χ0v) is 10.2. The molecule has 0 bridgehead atoms. The zero-order valence-electron chi connectivity index (χ0n) is 10.2. The zero-order chi connectivity index (χ0) is 11.0. The number of ether oxygens (including phenoxy) is 2. The Labute approximate surface area is 88.2 Å². The average Bonchev–Trinajstić information content (AvgIpc) is 2.02. The Balaban J connectivity index is 3.21. The van der Waals surface area contributed by atoms with Gasteiger partial charge in [-0.2, -0.15) is 0 Å². The molecule has 0 heterocycles. The molecule has 3 heteroatoms. The van der Waals surface area contributed by atoms with Crippen molar-refractivity contribution in [3.63, 3.8) is 0 Å². The van der Waals surface area contributed by atoms with Crippen molar-refractivity contribution in [1.82, 2.24) is 5.32 Å². The lowest BCUT2D eigenvalue weighted by Crippen LogP contribution is -2.24. The summed E-state index contributed by atoms with van der Waals surface area (Å²) in [4.78, 5) is 0. The quantitative estimate of drug-likeness (QED) is 0.639. The lowest BCUT2D eigenvalue weighted by Gasteiger charge is -2.19. The van der Waals surface area contributed by atoms with E-state index in [2.05, 4.69) is 33.0 Å². The van der Waals surface area contributed by atoms with E-state index in [4.69, 9.17) is 9.47 Å². The highest BCUT2D eigenvalue weighted by molar-refractivity contribution is 4.58. The van der Waals surface area contributed by atoms with Gasteiger partial charge in [0.25, 0.3) is 0 Å². The van der Waals surface area contributed by atoms with Gasteiger partial charge in [-0.3, -0.25) is 0 Å². The molecule has 0 aromatic carbocycles. The van der Waals surface area contributed by atoms with Gasteiger partial charge in [-0.1, -0.05) is 6.92 Å². The highest BCUT2D eigenvalue weighted by atomic mass is 16.5. The van der Waals surface area contributed by atoms with Gasteiger partial charge in [-0.25, -0.2) is 0 Å². The van der Waals surface area contributed by atoms with Gasteiger partial charge < -0.3 is 14.8 Å². The first kappa shape index (κ1) is 13.9. The summed E-state index contributed by atoms with van der Waals surface area (Å²) in [5.41, 5.74) is -0.0556. The minimum Gasteiger partial charge on any atom is -0.379 e. The molecule has 0 aliphatic carbocycles. The fraction of sp³-hybridized carbons (Fsp3) is 1.00. The number of rotatable bonds is 7. The highest BCUT2D eigenvalue weighted by Crippen LogP contribution is 2.05. The molecule has 1 unspecified atom stereocenters. The van der Waals surface area contributed by atoms with E-state index in [1.807, 2.05) is 7.05 Å². The molecule has 0 aliphatic rings. The smallest absolute Gasteiger partial charge is 0.0707 e. The van der Waals surface area contributed by atoms with Gasteiger partial charge in [-0.05, 0) is 40.3 Å². The number of hydrogen-bond donors (Lipinski definition) is 1. The molecule has 0 saturated carbocycles. The van der Waals surface area contributed by atoms with Gasteiger partial charge in [0.05, 0.1) is 25.4 Å². The van der Waals surface area contributed by atoms with Crippen molar-refractivity contribution in [2.45, 2.75) is 33.3 Å². The third-order valence-corrected chi connectivity index (χ3v) is 1.72. The molecule has 1 N–H and O–H groups in total. The minimum absolute atomic E-state index is 0.0556. The van der Waals surface area contributed by atoms with Crippen LogP contribution in [-0.2, 0) is 9.47 Å². The van der Waals surface area contributed by atoms with Crippen LogP contribution < -0.4 is 5.32 Å². The fourth-order valence-corrected chi connectivity index (χ4v) is 1.10. The lowest BCUT2D eigenvalue weighted by atomic mass is 10.2. The van der Waals surface area contributed by atoms with E-state index >= 15 is 0 Å². The van der Waals surface area contributed by atoms with Crippen LogP contribution in [0.4, 0.5) is 0 Å². The Morgan fingerprint density at radius 3 is 2.36 bits per heavy atom. The summed E-state index contributed by atoms with van der Waals surface area (Å²) in [5, 5.41) is 3.12. The molecule has 0 radical (unpaired) electrons. The molecule has 1 atom stereocenters. The topological polar surface area (TPSA) is 30.5 Å². The molecule has 0 aliphatic heterocycles. The van der Waals surface area contributed by atoms with Gasteiger partial charge in [0.15, 0.2) is 0 Å². The SMILES string of the molecule is CNCC(C)COCCOC(C)(C)C. The molecule has 0 aromatic rings. The Morgan fingerprint density at radius 2 is 1.86 bits per heavy atom. The fourth-order valence-electron chi connectivity index (χ4n) is 1.10. The van der Waals surface area contributed by atoms with Gasteiger partial charge in [0.2, 0.25) is 0 Å². The predicted molar refractivity (Wildman–Crippen MR) is 59.6 cm³/mol. The molecule has 0 aromatic heterocycles. The van der Waals surface area contributed by atoms with Crippen molar-refractivity contribution in [3.8, 4) is 0 Å². The van der Waals surface area contributed by atoms with E-state index in [1.54, 1.807) is 0 Å². The standard InChI is InChI=1S/C11H25NO2/c1-10(8-12-5)9-13-6-7-14-11(2,3)4/h10,12H,6-9H2,1-5H3. The van der Waals surface area contributed by atoms with Crippen LogP contribution in [0.15, 0.2) is 0 Å². The van der Waals surface area contributed by atoms with Crippen LogP contribution in [0.25, 0.3) is 0 Å². The minimum atomic E-state index is -0.0556. The summed E-state index contributed by atoms with van der Waals surface area (Å²) in [6.07, 6.45) is 0. The molecule has 86 valence electrons. The van der Waals surface area contributed by atoms with Crippen LogP contribution in [0.3, 0.4) is 0 Å². The summed E-state index contributed by atoms with van der Waals surface area (Å²) in [6.45, 7) is 11.5. The Morgan fingerprint density at radius 1 is 1.21 bits per heavy atom. The Bertz CT molecular complexity index is 132. The molecular formula is C11H25NO2. The summed E-state index contributed by atoms with van der Waals surface area (Å²) >= 11 is 0. The predicted octanol–water partition coefficient (Wildman–Crippen LogP) is 1.67. The maximum absolute atomic E-state index is 5.53. The maximum atomic E-state index is 5.53.